The Morgan fingerprint density at radius 2 is 1.90 bits per heavy atom. The molecule has 2 aromatic carbocycles. The Bertz CT molecular complexity index is 1120. The van der Waals surface area contributed by atoms with Crippen LogP contribution in [0.25, 0.3) is 11.0 Å². The Morgan fingerprint density at radius 3 is 2.70 bits per heavy atom. The van der Waals surface area contributed by atoms with Crippen LogP contribution in [0.3, 0.4) is 0 Å². The van der Waals surface area contributed by atoms with Gasteiger partial charge in [0, 0.05) is 20.3 Å². The van der Waals surface area contributed by atoms with Crippen molar-refractivity contribution in [3.8, 4) is 5.75 Å². The van der Waals surface area contributed by atoms with E-state index in [1.54, 1.807) is 36.3 Å². The van der Waals surface area contributed by atoms with Crippen LogP contribution in [-0.2, 0) is 4.74 Å². The second-order valence-electron chi connectivity index (χ2n) is 7.34. The van der Waals surface area contributed by atoms with E-state index in [1.165, 1.54) is 0 Å². The average molecular weight is 407 g/mol. The molecule has 0 radical (unpaired) electrons. The summed E-state index contributed by atoms with van der Waals surface area (Å²) in [7, 11) is 1.63. The van der Waals surface area contributed by atoms with Gasteiger partial charge >= 0.3 is 0 Å². The number of hydrogen-bond donors (Lipinski definition) is 0. The molecule has 1 aromatic heterocycles. The topological polar surface area (TPSA) is 69.0 Å². The van der Waals surface area contributed by atoms with Gasteiger partial charge in [0.05, 0.1) is 23.6 Å². The number of nitrogens with zero attached hydrogens (tertiary/aromatic N) is 1. The van der Waals surface area contributed by atoms with Crippen LogP contribution in [0.2, 0.25) is 0 Å². The Labute approximate surface area is 175 Å². The summed E-state index contributed by atoms with van der Waals surface area (Å²) in [6.07, 6.45) is 1.56. The van der Waals surface area contributed by atoms with Gasteiger partial charge in [0.1, 0.15) is 11.3 Å². The van der Waals surface area contributed by atoms with Crippen LogP contribution in [0, 0.1) is 0 Å². The first-order chi connectivity index (χ1) is 14.7. The molecule has 6 heteroatoms. The lowest BCUT2D eigenvalue weighted by Gasteiger charge is -2.25. The lowest BCUT2D eigenvalue weighted by molar-refractivity contribution is 0.0707. The molecule has 3 aromatic rings. The predicted molar refractivity (Wildman–Crippen MR) is 114 cm³/mol. The van der Waals surface area contributed by atoms with Crippen molar-refractivity contribution in [2.75, 3.05) is 26.9 Å². The molecule has 0 saturated heterocycles. The van der Waals surface area contributed by atoms with Crippen molar-refractivity contribution in [3.05, 3.63) is 75.6 Å². The number of amides is 1. The van der Waals surface area contributed by atoms with Gasteiger partial charge in [-0.25, -0.2) is 0 Å². The molecule has 156 valence electrons. The average Bonchev–Trinajstić information content (AvgIpc) is 3.05. The molecule has 1 aliphatic heterocycles. The molecule has 4 rings (SSSR count). The summed E-state index contributed by atoms with van der Waals surface area (Å²) < 4.78 is 16.9. The van der Waals surface area contributed by atoms with E-state index in [4.69, 9.17) is 13.9 Å². The minimum Gasteiger partial charge on any atom is -0.494 e. The molecule has 1 atom stereocenters. The number of methoxy groups -OCH3 is 1. The molecule has 1 amide bonds. The first-order valence-electron chi connectivity index (χ1n) is 10.2. The van der Waals surface area contributed by atoms with Crippen LogP contribution in [0.5, 0.6) is 5.75 Å². The minimum absolute atomic E-state index is 0.126. The van der Waals surface area contributed by atoms with Crippen LogP contribution in [0.1, 0.15) is 47.5 Å². The summed E-state index contributed by atoms with van der Waals surface area (Å²) in [5.74, 6) is 0.576. The van der Waals surface area contributed by atoms with Gasteiger partial charge in [-0.2, -0.15) is 0 Å². The summed E-state index contributed by atoms with van der Waals surface area (Å²) in [4.78, 5) is 28.3. The van der Waals surface area contributed by atoms with Crippen molar-refractivity contribution in [2.24, 2.45) is 0 Å². The molecular formula is C24H25NO5. The summed E-state index contributed by atoms with van der Waals surface area (Å²) in [5, 5.41) is 0.478. The fourth-order valence-corrected chi connectivity index (χ4v) is 3.92. The van der Waals surface area contributed by atoms with E-state index in [0.717, 1.165) is 17.7 Å². The van der Waals surface area contributed by atoms with Gasteiger partial charge in [0.15, 0.2) is 5.43 Å². The maximum Gasteiger partial charge on any atom is 0.290 e. The quantitative estimate of drug-likeness (QED) is 0.525. The lowest BCUT2D eigenvalue weighted by Crippen LogP contribution is -2.31. The molecule has 0 N–H and O–H groups in total. The molecule has 1 aliphatic rings. The van der Waals surface area contributed by atoms with Crippen LogP contribution in [0.4, 0.5) is 0 Å². The maximum absolute atomic E-state index is 13.4. The van der Waals surface area contributed by atoms with Gasteiger partial charge in [-0.1, -0.05) is 31.2 Å². The number of rotatable bonds is 8. The molecule has 6 nitrogen and oxygen atoms in total. The van der Waals surface area contributed by atoms with Gasteiger partial charge in [-0.15, -0.1) is 0 Å². The van der Waals surface area contributed by atoms with E-state index < -0.39 is 6.04 Å². The Morgan fingerprint density at radius 1 is 1.07 bits per heavy atom. The maximum atomic E-state index is 13.4. The number of fused-ring (bicyclic) bond motifs is 2. The van der Waals surface area contributed by atoms with Crippen molar-refractivity contribution < 1.29 is 18.7 Å². The van der Waals surface area contributed by atoms with Gasteiger partial charge < -0.3 is 18.8 Å². The summed E-state index contributed by atoms with van der Waals surface area (Å²) in [5.41, 5.74) is 1.48. The molecule has 0 saturated carbocycles. The third-order valence-electron chi connectivity index (χ3n) is 5.27. The zero-order valence-electron chi connectivity index (χ0n) is 17.2. The van der Waals surface area contributed by atoms with Crippen LogP contribution < -0.4 is 10.2 Å². The van der Waals surface area contributed by atoms with Crippen molar-refractivity contribution in [3.63, 3.8) is 0 Å². The Hall–Kier alpha value is -3.12. The van der Waals surface area contributed by atoms with Gasteiger partial charge in [-0.05, 0) is 42.7 Å². The molecule has 0 aliphatic carbocycles. The fourth-order valence-electron chi connectivity index (χ4n) is 3.92. The molecule has 2 heterocycles. The van der Waals surface area contributed by atoms with E-state index in [2.05, 4.69) is 0 Å². The van der Waals surface area contributed by atoms with E-state index in [0.29, 0.717) is 42.7 Å². The molecule has 1 unspecified atom stereocenters. The first-order valence-corrected chi connectivity index (χ1v) is 10.2. The number of hydrogen-bond acceptors (Lipinski definition) is 5. The largest absolute Gasteiger partial charge is 0.494 e. The summed E-state index contributed by atoms with van der Waals surface area (Å²) in [6.45, 7) is 3.63. The van der Waals surface area contributed by atoms with Crippen LogP contribution in [-0.4, -0.2) is 37.7 Å². The zero-order valence-corrected chi connectivity index (χ0v) is 17.2. The monoisotopic (exact) mass is 407 g/mol. The van der Waals surface area contributed by atoms with Crippen LogP contribution >= 0.6 is 0 Å². The smallest absolute Gasteiger partial charge is 0.290 e. The predicted octanol–water partition coefficient (Wildman–Crippen LogP) is 4.16. The number of para-hydroxylation sites is 1. The van der Waals surface area contributed by atoms with Crippen LogP contribution in [0.15, 0.2) is 57.7 Å². The highest BCUT2D eigenvalue weighted by Crippen LogP contribution is 2.39. The van der Waals surface area contributed by atoms with E-state index in [9.17, 15) is 9.59 Å². The highest BCUT2D eigenvalue weighted by atomic mass is 16.5. The molecule has 30 heavy (non-hydrogen) atoms. The molecule has 0 spiro atoms. The van der Waals surface area contributed by atoms with Gasteiger partial charge in [0.2, 0.25) is 5.76 Å². The second kappa shape index (κ2) is 8.71. The third kappa shape index (κ3) is 3.59. The molecule has 0 fully saturated rings. The van der Waals surface area contributed by atoms with E-state index >= 15 is 0 Å². The number of carbonyl (C=O) groups excluding carboxylic acids is 1. The minimum atomic E-state index is -0.518. The van der Waals surface area contributed by atoms with E-state index in [-0.39, 0.29) is 17.1 Å². The standard InChI is InChI=1S/C24H25NO5/c1-3-13-29-17-9-6-8-16(15-17)21-20-22(26)18-10-4-5-11-19(18)30-23(20)24(27)25(21)12-7-14-28-2/h4-6,8-11,15,21H,3,7,12-14H2,1-2H3. The van der Waals surface area contributed by atoms with Crippen molar-refractivity contribution in [2.45, 2.75) is 25.8 Å². The normalized spacial score (nSPS) is 15.6. The third-order valence-corrected chi connectivity index (χ3v) is 5.27. The van der Waals surface area contributed by atoms with Gasteiger partial charge in [-0.3, -0.25) is 9.59 Å². The number of carbonyl (C=O) groups is 1. The van der Waals surface area contributed by atoms with E-state index in [1.807, 2.05) is 31.2 Å². The zero-order chi connectivity index (χ0) is 21.1. The summed E-state index contributed by atoms with van der Waals surface area (Å²) >= 11 is 0. The molecular weight excluding hydrogens is 382 g/mol. The molecule has 0 bridgehead atoms. The fraction of sp³-hybridized carbons (Fsp3) is 0.333. The highest BCUT2D eigenvalue weighted by Gasteiger charge is 2.42. The number of benzene rings is 2. The Kier molecular flexibility index (Phi) is 5.86. The summed E-state index contributed by atoms with van der Waals surface area (Å²) in [6, 6.07) is 14.1. The second-order valence-corrected chi connectivity index (χ2v) is 7.34. The highest BCUT2D eigenvalue weighted by molar-refractivity contribution is 5.99. The van der Waals surface area contributed by atoms with Crippen molar-refractivity contribution >= 4 is 16.9 Å². The lowest BCUT2D eigenvalue weighted by atomic mass is 9.98. The SMILES string of the molecule is CCCOc1cccc(C2c3c(oc4ccccc4c3=O)C(=O)N2CCCOC)c1. The Balaban J connectivity index is 1.85. The number of ether oxygens (including phenoxy) is 2. The van der Waals surface area contributed by atoms with Crippen molar-refractivity contribution in [1.82, 2.24) is 4.90 Å². The van der Waals surface area contributed by atoms with Crippen molar-refractivity contribution in [1.29, 1.82) is 0 Å². The first kappa shape index (κ1) is 20.2. The van der Waals surface area contributed by atoms with Gasteiger partial charge in [0.25, 0.3) is 5.91 Å².